The lowest BCUT2D eigenvalue weighted by Crippen LogP contribution is -2.43. The first-order chi connectivity index (χ1) is 8.97. The quantitative estimate of drug-likeness (QED) is 0.829. The van der Waals surface area contributed by atoms with E-state index in [4.69, 9.17) is 0 Å². The average Bonchev–Trinajstić information content (AvgIpc) is 2.51. The molecule has 0 spiro atoms. The molecule has 0 atom stereocenters. The molecule has 0 amide bonds. The van der Waals surface area contributed by atoms with Gasteiger partial charge in [-0.15, -0.1) is 0 Å². The van der Waals surface area contributed by atoms with Gasteiger partial charge in [0.15, 0.2) is 0 Å². The molecular weight excluding hydrogens is 222 g/mol. The van der Waals surface area contributed by atoms with Crippen LogP contribution in [0, 0.1) is 0 Å². The van der Waals surface area contributed by atoms with E-state index in [2.05, 4.69) is 45.5 Å². The molecule has 1 aromatic heterocycles. The summed E-state index contributed by atoms with van der Waals surface area (Å²) in [5.74, 6) is 0. The number of rotatable bonds is 1. The molecule has 0 bridgehead atoms. The Morgan fingerprint density at radius 2 is 1.44 bits per heavy atom. The monoisotopic (exact) mass is 241 g/mol. The zero-order valence-electron chi connectivity index (χ0n) is 10.5. The largest absolute Gasteiger partial charge is 0.369 e. The summed E-state index contributed by atoms with van der Waals surface area (Å²) in [5, 5.41) is 3.34. The minimum Gasteiger partial charge on any atom is -0.369 e. The number of anilines is 1. The molecule has 2 heterocycles. The van der Waals surface area contributed by atoms with Gasteiger partial charge >= 0.3 is 0 Å². The first kappa shape index (κ1) is 12.6. The van der Waals surface area contributed by atoms with Crippen LogP contribution in [-0.4, -0.2) is 31.2 Å². The van der Waals surface area contributed by atoms with Crippen LogP contribution in [0.3, 0.4) is 0 Å². The molecule has 1 aliphatic heterocycles. The average molecular weight is 241 g/mol. The van der Waals surface area contributed by atoms with Crippen LogP contribution in [0.2, 0.25) is 0 Å². The fraction of sp³-hybridized carbons (Fsp3) is 0.267. The van der Waals surface area contributed by atoms with Crippen molar-refractivity contribution in [2.45, 2.75) is 0 Å². The van der Waals surface area contributed by atoms with Gasteiger partial charge in [-0.1, -0.05) is 24.3 Å². The Kier molecular flexibility index (Phi) is 5.21. The third-order valence-electron chi connectivity index (χ3n) is 2.80. The van der Waals surface area contributed by atoms with Crippen molar-refractivity contribution in [2.24, 2.45) is 0 Å². The maximum atomic E-state index is 3.78. The van der Waals surface area contributed by atoms with Crippen LogP contribution in [0.4, 0.5) is 5.69 Å². The van der Waals surface area contributed by atoms with E-state index in [-0.39, 0.29) is 0 Å². The topological polar surface area (TPSA) is 28.2 Å². The van der Waals surface area contributed by atoms with Crippen LogP contribution in [0.1, 0.15) is 0 Å². The van der Waals surface area contributed by atoms with Crippen molar-refractivity contribution in [3.8, 4) is 0 Å². The van der Waals surface area contributed by atoms with Crippen molar-refractivity contribution >= 4 is 5.69 Å². The van der Waals surface area contributed by atoms with Gasteiger partial charge in [-0.05, 0) is 24.3 Å². The first-order valence-electron chi connectivity index (χ1n) is 6.32. The highest BCUT2D eigenvalue weighted by molar-refractivity contribution is 5.46. The lowest BCUT2D eigenvalue weighted by molar-refractivity contribution is 0.589. The predicted molar refractivity (Wildman–Crippen MR) is 75.8 cm³/mol. The van der Waals surface area contributed by atoms with Gasteiger partial charge in [-0.3, -0.25) is 4.98 Å². The van der Waals surface area contributed by atoms with Crippen molar-refractivity contribution in [1.29, 1.82) is 0 Å². The summed E-state index contributed by atoms with van der Waals surface area (Å²) in [6, 6.07) is 16.3. The molecule has 1 saturated heterocycles. The highest BCUT2D eigenvalue weighted by atomic mass is 15.2. The fourth-order valence-corrected chi connectivity index (χ4v) is 1.87. The lowest BCUT2D eigenvalue weighted by atomic mass is 10.2. The Bertz CT molecular complexity index is 384. The molecule has 3 nitrogen and oxygen atoms in total. The maximum absolute atomic E-state index is 3.78. The first-order valence-corrected chi connectivity index (χ1v) is 6.32. The maximum Gasteiger partial charge on any atom is 0.0367 e. The highest BCUT2D eigenvalue weighted by Crippen LogP contribution is 2.12. The number of nitrogens with one attached hydrogen (secondary N) is 1. The third-order valence-corrected chi connectivity index (χ3v) is 2.80. The highest BCUT2D eigenvalue weighted by Gasteiger charge is 2.08. The van der Waals surface area contributed by atoms with E-state index in [1.807, 2.05) is 18.2 Å². The van der Waals surface area contributed by atoms with E-state index in [1.54, 1.807) is 12.4 Å². The Labute approximate surface area is 108 Å². The molecule has 0 unspecified atom stereocenters. The zero-order chi connectivity index (χ0) is 12.5. The second kappa shape index (κ2) is 7.45. The van der Waals surface area contributed by atoms with Crippen LogP contribution in [0.15, 0.2) is 60.9 Å². The second-order valence-electron chi connectivity index (χ2n) is 4.10. The summed E-state index contributed by atoms with van der Waals surface area (Å²) < 4.78 is 0. The van der Waals surface area contributed by atoms with Gasteiger partial charge < -0.3 is 10.2 Å². The Morgan fingerprint density at radius 1 is 0.833 bits per heavy atom. The van der Waals surface area contributed by atoms with Crippen LogP contribution in [0.5, 0.6) is 0 Å². The molecule has 1 fully saturated rings. The molecule has 1 aliphatic rings. The molecule has 18 heavy (non-hydrogen) atoms. The van der Waals surface area contributed by atoms with E-state index in [0.717, 1.165) is 26.2 Å². The van der Waals surface area contributed by atoms with Crippen LogP contribution in [-0.2, 0) is 0 Å². The molecular formula is C15H19N3. The van der Waals surface area contributed by atoms with Gasteiger partial charge in [-0.2, -0.15) is 0 Å². The SMILES string of the molecule is c1ccc(N2CCNCC2)cc1.c1ccncc1. The van der Waals surface area contributed by atoms with E-state index in [9.17, 15) is 0 Å². The van der Waals surface area contributed by atoms with Crippen LogP contribution >= 0.6 is 0 Å². The normalized spacial score (nSPS) is 14.6. The Balaban J connectivity index is 0.000000169. The molecule has 0 saturated carbocycles. The molecule has 0 radical (unpaired) electrons. The molecule has 3 heteroatoms. The van der Waals surface area contributed by atoms with Crippen LogP contribution < -0.4 is 10.2 Å². The summed E-state index contributed by atoms with van der Waals surface area (Å²) in [7, 11) is 0. The Hall–Kier alpha value is -1.87. The standard InChI is InChI=1S/C10H14N2.C5H5N/c1-2-4-10(5-3-1)12-8-6-11-7-9-12;1-2-4-6-5-3-1/h1-5,11H,6-9H2;1-5H. The van der Waals surface area contributed by atoms with Gasteiger partial charge in [-0.25, -0.2) is 0 Å². The number of para-hydroxylation sites is 1. The number of nitrogens with zero attached hydrogens (tertiary/aromatic N) is 2. The van der Waals surface area contributed by atoms with E-state index < -0.39 is 0 Å². The number of hydrogen-bond acceptors (Lipinski definition) is 3. The number of aromatic nitrogens is 1. The van der Waals surface area contributed by atoms with E-state index >= 15 is 0 Å². The van der Waals surface area contributed by atoms with Crippen molar-refractivity contribution in [3.05, 3.63) is 60.9 Å². The minimum absolute atomic E-state index is 1.11. The van der Waals surface area contributed by atoms with Crippen LogP contribution in [0.25, 0.3) is 0 Å². The molecule has 2 aromatic rings. The van der Waals surface area contributed by atoms with Gasteiger partial charge in [0.2, 0.25) is 0 Å². The number of benzene rings is 1. The van der Waals surface area contributed by atoms with E-state index in [0.29, 0.717) is 0 Å². The summed E-state index contributed by atoms with van der Waals surface area (Å²) in [5.41, 5.74) is 1.35. The number of piperazine rings is 1. The lowest BCUT2D eigenvalue weighted by Gasteiger charge is -2.29. The second-order valence-corrected chi connectivity index (χ2v) is 4.10. The van der Waals surface area contributed by atoms with Crippen molar-refractivity contribution in [2.75, 3.05) is 31.1 Å². The van der Waals surface area contributed by atoms with Gasteiger partial charge in [0.25, 0.3) is 0 Å². The predicted octanol–water partition coefficient (Wildman–Crippen LogP) is 2.18. The third kappa shape index (κ3) is 4.18. The van der Waals surface area contributed by atoms with Gasteiger partial charge in [0.1, 0.15) is 0 Å². The molecule has 3 rings (SSSR count). The number of hydrogen-bond donors (Lipinski definition) is 1. The van der Waals surface area contributed by atoms with E-state index in [1.165, 1.54) is 5.69 Å². The van der Waals surface area contributed by atoms with Gasteiger partial charge in [0, 0.05) is 44.3 Å². The van der Waals surface area contributed by atoms with Crippen molar-refractivity contribution in [1.82, 2.24) is 10.3 Å². The van der Waals surface area contributed by atoms with Crippen molar-refractivity contribution < 1.29 is 0 Å². The van der Waals surface area contributed by atoms with Crippen molar-refractivity contribution in [3.63, 3.8) is 0 Å². The van der Waals surface area contributed by atoms with Gasteiger partial charge in [0.05, 0.1) is 0 Å². The minimum atomic E-state index is 1.11. The molecule has 94 valence electrons. The summed E-state index contributed by atoms with van der Waals surface area (Å²) >= 11 is 0. The Morgan fingerprint density at radius 3 is 1.94 bits per heavy atom. The molecule has 0 aliphatic carbocycles. The molecule has 1 N–H and O–H groups in total. The zero-order valence-corrected chi connectivity index (χ0v) is 10.5. The summed E-state index contributed by atoms with van der Waals surface area (Å²) in [6.45, 7) is 4.47. The number of pyridine rings is 1. The fourth-order valence-electron chi connectivity index (χ4n) is 1.87. The smallest absolute Gasteiger partial charge is 0.0367 e. The summed E-state index contributed by atoms with van der Waals surface area (Å²) in [6.07, 6.45) is 3.50. The summed E-state index contributed by atoms with van der Waals surface area (Å²) in [4.78, 5) is 6.20. The molecule has 1 aromatic carbocycles.